The molecule has 0 saturated heterocycles. The SMILES string of the molecule is COc1cc(-c2noc(CSc3nnc(C(C)C)n3C)n2)ccc1OC(F)F. The Morgan fingerprint density at radius 1 is 1.21 bits per heavy atom. The number of hydrogen-bond acceptors (Lipinski definition) is 8. The van der Waals surface area contributed by atoms with E-state index < -0.39 is 6.61 Å². The second-order valence-corrected chi connectivity index (χ2v) is 7.04. The van der Waals surface area contributed by atoms with Crippen molar-refractivity contribution in [1.82, 2.24) is 24.9 Å². The van der Waals surface area contributed by atoms with E-state index in [4.69, 9.17) is 9.26 Å². The lowest BCUT2D eigenvalue weighted by Crippen LogP contribution is -2.03. The van der Waals surface area contributed by atoms with Gasteiger partial charge in [0.15, 0.2) is 16.7 Å². The van der Waals surface area contributed by atoms with Crippen LogP contribution in [-0.4, -0.2) is 38.6 Å². The number of nitrogens with zero attached hydrogens (tertiary/aromatic N) is 5. The molecule has 2 heterocycles. The highest BCUT2D eigenvalue weighted by atomic mass is 32.2. The van der Waals surface area contributed by atoms with Crippen LogP contribution in [0.2, 0.25) is 0 Å². The molecule has 0 saturated carbocycles. The molecule has 0 aliphatic heterocycles. The predicted octanol–water partition coefficient (Wildman–Crippen LogP) is 3.89. The standard InChI is InChI=1S/C17H19F2N5O3S/c1-9(2)15-21-22-17(24(15)3)28-8-13-20-14(23-27-13)10-5-6-11(26-16(18)19)12(7-10)25-4/h5-7,9,16H,8H2,1-4H3. The molecule has 0 N–H and O–H groups in total. The molecule has 0 aliphatic carbocycles. The van der Waals surface area contributed by atoms with Crippen LogP contribution in [0, 0.1) is 0 Å². The van der Waals surface area contributed by atoms with Crippen molar-refractivity contribution >= 4 is 11.8 Å². The van der Waals surface area contributed by atoms with E-state index in [1.165, 1.54) is 31.0 Å². The summed E-state index contributed by atoms with van der Waals surface area (Å²) in [5.74, 6) is 2.39. The Morgan fingerprint density at radius 2 is 2.00 bits per heavy atom. The van der Waals surface area contributed by atoms with Gasteiger partial charge in [-0.25, -0.2) is 0 Å². The number of aromatic nitrogens is 5. The van der Waals surface area contributed by atoms with Gasteiger partial charge in [0.1, 0.15) is 5.82 Å². The fourth-order valence-electron chi connectivity index (χ4n) is 2.51. The van der Waals surface area contributed by atoms with Gasteiger partial charge in [0.2, 0.25) is 11.7 Å². The number of ether oxygens (including phenoxy) is 2. The summed E-state index contributed by atoms with van der Waals surface area (Å²) in [5.41, 5.74) is 0.555. The maximum absolute atomic E-state index is 12.4. The quantitative estimate of drug-likeness (QED) is 0.516. The third-order valence-corrected chi connectivity index (χ3v) is 4.82. The summed E-state index contributed by atoms with van der Waals surface area (Å²) in [6, 6.07) is 4.44. The molecule has 28 heavy (non-hydrogen) atoms. The highest BCUT2D eigenvalue weighted by molar-refractivity contribution is 7.98. The van der Waals surface area contributed by atoms with E-state index in [1.807, 2.05) is 11.6 Å². The molecule has 0 aliphatic rings. The average molecular weight is 411 g/mol. The van der Waals surface area contributed by atoms with Gasteiger partial charge in [0, 0.05) is 18.5 Å². The van der Waals surface area contributed by atoms with E-state index in [0.717, 1.165) is 11.0 Å². The van der Waals surface area contributed by atoms with Crippen molar-refractivity contribution in [2.24, 2.45) is 7.05 Å². The van der Waals surface area contributed by atoms with Crippen molar-refractivity contribution in [3.05, 3.63) is 29.9 Å². The van der Waals surface area contributed by atoms with Gasteiger partial charge in [-0.3, -0.25) is 0 Å². The summed E-state index contributed by atoms with van der Waals surface area (Å²) in [6.07, 6.45) is 0. The molecule has 3 aromatic rings. The molecule has 0 spiro atoms. The van der Waals surface area contributed by atoms with E-state index in [2.05, 4.69) is 38.9 Å². The van der Waals surface area contributed by atoms with E-state index in [9.17, 15) is 8.78 Å². The minimum Gasteiger partial charge on any atom is -0.493 e. The van der Waals surface area contributed by atoms with Crippen LogP contribution in [-0.2, 0) is 12.8 Å². The number of rotatable bonds is 8. The Morgan fingerprint density at radius 3 is 2.64 bits per heavy atom. The number of benzene rings is 1. The van der Waals surface area contributed by atoms with E-state index in [-0.39, 0.29) is 17.4 Å². The predicted molar refractivity (Wildman–Crippen MR) is 97.6 cm³/mol. The number of thioether (sulfide) groups is 1. The first kappa shape index (κ1) is 20.1. The summed E-state index contributed by atoms with van der Waals surface area (Å²) >= 11 is 1.43. The van der Waals surface area contributed by atoms with Crippen LogP contribution < -0.4 is 9.47 Å². The summed E-state index contributed by atoms with van der Waals surface area (Å²) in [6.45, 7) is 1.16. The minimum absolute atomic E-state index is 0.0660. The van der Waals surface area contributed by atoms with Crippen molar-refractivity contribution in [3.8, 4) is 22.9 Å². The van der Waals surface area contributed by atoms with Crippen LogP contribution in [0.5, 0.6) is 11.5 Å². The number of hydrogen-bond donors (Lipinski definition) is 0. The van der Waals surface area contributed by atoms with Crippen LogP contribution in [0.4, 0.5) is 8.78 Å². The molecule has 2 aromatic heterocycles. The average Bonchev–Trinajstić information content (AvgIpc) is 3.26. The first-order chi connectivity index (χ1) is 13.4. The Hall–Kier alpha value is -2.69. The number of halogens is 2. The molecule has 0 atom stereocenters. The summed E-state index contributed by atoms with van der Waals surface area (Å²) in [7, 11) is 3.27. The van der Waals surface area contributed by atoms with Gasteiger partial charge in [0.25, 0.3) is 0 Å². The molecular weight excluding hydrogens is 392 g/mol. The van der Waals surface area contributed by atoms with Crippen LogP contribution in [0.25, 0.3) is 11.4 Å². The first-order valence-corrected chi connectivity index (χ1v) is 9.35. The number of alkyl halides is 2. The Bertz CT molecular complexity index is 945. The van der Waals surface area contributed by atoms with Crippen molar-refractivity contribution in [2.75, 3.05) is 7.11 Å². The summed E-state index contributed by atoms with van der Waals surface area (Å²) in [4.78, 5) is 4.33. The molecule has 0 unspecified atom stereocenters. The second-order valence-electron chi connectivity index (χ2n) is 6.10. The van der Waals surface area contributed by atoms with Crippen LogP contribution in [0.3, 0.4) is 0 Å². The van der Waals surface area contributed by atoms with Crippen molar-refractivity contribution in [2.45, 2.75) is 37.3 Å². The minimum atomic E-state index is -2.94. The van der Waals surface area contributed by atoms with Gasteiger partial charge in [-0.1, -0.05) is 30.8 Å². The molecule has 0 amide bonds. The van der Waals surface area contributed by atoms with Gasteiger partial charge >= 0.3 is 6.61 Å². The molecule has 150 valence electrons. The third-order valence-electron chi connectivity index (χ3n) is 3.82. The lowest BCUT2D eigenvalue weighted by molar-refractivity contribution is -0.0512. The van der Waals surface area contributed by atoms with Gasteiger partial charge in [-0.15, -0.1) is 10.2 Å². The normalized spacial score (nSPS) is 11.4. The Labute approximate surface area is 164 Å². The van der Waals surface area contributed by atoms with Gasteiger partial charge in [-0.05, 0) is 18.2 Å². The van der Waals surface area contributed by atoms with E-state index >= 15 is 0 Å². The zero-order valence-corrected chi connectivity index (χ0v) is 16.5. The second kappa shape index (κ2) is 8.55. The zero-order chi connectivity index (χ0) is 20.3. The van der Waals surface area contributed by atoms with Crippen molar-refractivity contribution in [1.29, 1.82) is 0 Å². The molecule has 0 bridgehead atoms. The zero-order valence-electron chi connectivity index (χ0n) is 15.7. The molecular formula is C17H19F2N5O3S. The largest absolute Gasteiger partial charge is 0.493 e. The smallest absolute Gasteiger partial charge is 0.387 e. The molecule has 0 radical (unpaired) electrons. The fraction of sp³-hybridized carbons (Fsp3) is 0.412. The topological polar surface area (TPSA) is 88.1 Å². The molecule has 3 rings (SSSR count). The lowest BCUT2D eigenvalue weighted by atomic mass is 10.2. The Kier molecular flexibility index (Phi) is 6.12. The molecule has 11 heteroatoms. The third kappa shape index (κ3) is 4.41. The Balaban J connectivity index is 1.72. The number of methoxy groups -OCH3 is 1. The van der Waals surface area contributed by atoms with Crippen LogP contribution in [0.15, 0.2) is 27.9 Å². The van der Waals surface area contributed by atoms with E-state index in [0.29, 0.717) is 23.0 Å². The highest BCUT2D eigenvalue weighted by Crippen LogP contribution is 2.33. The van der Waals surface area contributed by atoms with Gasteiger partial charge in [-0.2, -0.15) is 13.8 Å². The van der Waals surface area contributed by atoms with Crippen LogP contribution >= 0.6 is 11.8 Å². The van der Waals surface area contributed by atoms with Crippen molar-refractivity contribution in [3.63, 3.8) is 0 Å². The molecule has 0 fully saturated rings. The molecule has 1 aromatic carbocycles. The first-order valence-electron chi connectivity index (χ1n) is 8.37. The maximum Gasteiger partial charge on any atom is 0.387 e. The summed E-state index contributed by atoms with van der Waals surface area (Å²) < 4.78 is 41.6. The van der Waals surface area contributed by atoms with E-state index in [1.54, 1.807) is 6.07 Å². The molecule has 8 nitrogen and oxygen atoms in total. The van der Waals surface area contributed by atoms with Crippen molar-refractivity contribution < 1.29 is 22.8 Å². The van der Waals surface area contributed by atoms with Gasteiger partial charge < -0.3 is 18.6 Å². The maximum atomic E-state index is 12.4. The highest BCUT2D eigenvalue weighted by Gasteiger charge is 2.17. The lowest BCUT2D eigenvalue weighted by Gasteiger charge is -2.10. The monoisotopic (exact) mass is 411 g/mol. The van der Waals surface area contributed by atoms with Crippen LogP contribution in [0.1, 0.15) is 31.5 Å². The summed E-state index contributed by atoms with van der Waals surface area (Å²) in [5, 5.41) is 13.0. The van der Waals surface area contributed by atoms with Gasteiger partial charge in [0.05, 0.1) is 12.9 Å². The fourth-order valence-corrected chi connectivity index (χ4v) is 3.27.